The van der Waals surface area contributed by atoms with Crippen LogP contribution in [0.5, 0.6) is 0 Å². The second-order valence-corrected chi connectivity index (χ2v) is 10.4. The number of nitrogens with zero attached hydrogens (tertiary/aromatic N) is 2. The molecule has 2 aromatic heterocycles. The number of hydrogen-bond acceptors (Lipinski definition) is 4. The first-order valence-corrected chi connectivity index (χ1v) is 13.6. The summed E-state index contributed by atoms with van der Waals surface area (Å²) in [5.41, 5.74) is 9.88. The minimum absolute atomic E-state index is 0.564. The molecule has 0 amide bonds. The molecule has 0 aliphatic rings. The summed E-state index contributed by atoms with van der Waals surface area (Å²) in [6, 6.07) is 44.5. The molecular formula is C38H20N2O2. The van der Waals surface area contributed by atoms with Gasteiger partial charge in [0.15, 0.2) is 0 Å². The highest BCUT2D eigenvalue weighted by Gasteiger charge is 2.18. The van der Waals surface area contributed by atoms with Crippen LogP contribution < -0.4 is 0 Å². The Balaban J connectivity index is 1.40. The zero-order valence-corrected chi connectivity index (χ0v) is 22.3. The molecule has 0 aliphatic heterocycles. The van der Waals surface area contributed by atoms with E-state index in [9.17, 15) is 10.5 Å². The monoisotopic (exact) mass is 536 g/mol. The number of fused-ring (bicyclic) bond motifs is 6. The van der Waals surface area contributed by atoms with Crippen LogP contribution in [0.1, 0.15) is 11.1 Å². The molecule has 0 fully saturated rings. The Hall–Kier alpha value is -6.10. The molecule has 0 bridgehead atoms. The molecule has 0 N–H and O–H groups in total. The second kappa shape index (κ2) is 9.24. The molecule has 2 heterocycles. The van der Waals surface area contributed by atoms with Gasteiger partial charge >= 0.3 is 0 Å². The zero-order chi connectivity index (χ0) is 28.2. The summed E-state index contributed by atoms with van der Waals surface area (Å²) in [4.78, 5) is 0. The van der Waals surface area contributed by atoms with E-state index in [1.165, 1.54) is 0 Å². The minimum Gasteiger partial charge on any atom is -0.456 e. The smallest absolute Gasteiger partial charge is 0.135 e. The van der Waals surface area contributed by atoms with Gasteiger partial charge in [-0.1, -0.05) is 60.7 Å². The van der Waals surface area contributed by atoms with Crippen LogP contribution in [0.25, 0.3) is 77.3 Å². The Labute approximate surface area is 240 Å². The largest absolute Gasteiger partial charge is 0.456 e. The Morgan fingerprint density at radius 1 is 0.405 bits per heavy atom. The summed E-state index contributed by atoms with van der Waals surface area (Å²) >= 11 is 0. The molecule has 4 heteroatoms. The molecule has 194 valence electrons. The summed E-state index contributed by atoms with van der Waals surface area (Å²) in [6.07, 6.45) is 0. The molecule has 6 aromatic carbocycles. The Morgan fingerprint density at radius 2 is 0.952 bits per heavy atom. The first-order valence-electron chi connectivity index (χ1n) is 13.6. The molecule has 42 heavy (non-hydrogen) atoms. The van der Waals surface area contributed by atoms with Crippen LogP contribution in [0.3, 0.4) is 0 Å². The maximum atomic E-state index is 10.4. The van der Waals surface area contributed by atoms with Crippen LogP contribution in [0.4, 0.5) is 0 Å². The summed E-state index contributed by atoms with van der Waals surface area (Å²) in [5, 5.41) is 24.1. The average Bonchev–Trinajstić information content (AvgIpc) is 3.61. The van der Waals surface area contributed by atoms with Crippen LogP contribution in [-0.4, -0.2) is 0 Å². The van der Waals surface area contributed by atoms with Crippen LogP contribution in [0, 0.1) is 22.7 Å². The van der Waals surface area contributed by atoms with E-state index in [1.54, 1.807) is 6.07 Å². The predicted octanol–water partition coefficient (Wildman–Crippen LogP) is 10.2. The highest BCUT2D eigenvalue weighted by molar-refractivity contribution is 6.08. The van der Waals surface area contributed by atoms with Crippen molar-refractivity contribution in [3.8, 4) is 45.5 Å². The number of rotatable bonds is 3. The highest BCUT2D eigenvalue weighted by atomic mass is 16.3. The van der Waals surface area contributed by atoms with Crippen LogP contribution in [-0.2, 0) is 0 Å². The number of benzene rings is 6. The molecule has 8 rings (SSSR count). The average molecular weight is 537 g/mol. The minimum atomic E-state index is 0.564. The molecule has 4 nitrogen and oxygen atoms in total. The summed E-state index contributed by atoms with van der Waals surface area (Å²) in [7, 11) is 0. The van der Waals surface area contributed by atoms with Gasteiger partial charge in [-0.2, -0.15) is 10.5 Å². The van der Waals surface area contributed by atoms with E-state index in [1.807, 2.05) is 91.0 Å². The van der Waals surface area contributed by atoms with E-state index < -0.39 is 0 Å². The highest BCUT2D eigenvalue weighted by Crippen LogP contribution is 2.41. The van der Waals surface area contributed by atoms with Gasteiger partial charge in [-0.05, 0) is 88.5 Å². The Bertz CT molecular complexity index is 2450. The number of nitriles is 2. The van der Waals surface area contributed by atoms with Gasteiger partial charge in [0.2, 0.25) is 0 Å². The lowest BCUT2D eigenvalue weighted by Crippen LogP contribution is -1.93. The van der Waals surface area contributed by atoms with E-state index in [0.29, 0.717) is 11.1 Å². The lowest BCUT2D eigenvalue weighted by molar-refractivity contribution is 0.668. The molecule has 0 aliphatic carbocycles. The Kier molecular flexibility index (Phi) is 5.22. The first kappa shape index (κ1) is 23.8. The molecular weight excluding hydrogens is 516 g/mol. The van der Waals surface area contributed by atoms with Crippen LogP contribution in [0.15, 0.2) is 130 Å². The van der Waals surface area contributed by atoms with Crippen molar-refractivity contribution in [1.29, 1.82) is 10.5 Å². The number of furan rings is 2. The molecule has 0 atom stereocenters. The third kappa shape index (κ3) is 3.68. The van der Waals surface area contributed by atoms with E-state index in [-0.39, 0.29) is 0 Å². The van der Waals surface area contributed by atoms with Gasteiger partial charge in [-0.15, -0.1) is 0 Å². The van der Waals surface area contributed by atoms with Gasteiger partial charge in [0.05, 0.1) is 23.3 Å². The van der Waals surface area contributed by atoms with Gasteiger partial charge in [0, 0.05) is 27.1 Å². The second-order valence-electron chi connectivity index (χ2n) is 10.4. The molecule has 0 saturated heterocycles. The first-order chi connectivity index (χ1) is 20.7. The fraction of sp³-hybridized carbons (Fsp3) is 0. The van der Waals surface area contributed by atoms with Crippen molar-refractivity contribution >= 4 is 43.9 Å². The fourth-order valence-electron chi connectivity index (χ4n) is 5.95. The third-order valence-corrected chi connectivity index (χ3v) is 7.96. The van der Waals surface area contributed by atoms with Crippen molar-refractivity contribution in [1.82, 2.24) is 0 Å². The van der Waals surface area contributed by atoms with Crippen molar-refractivity contribution in [3.63, 3.8) is 0 Å². The van der Waals surface area contributed by atoms with Crippen molar-refractivity contribution < 1.29 is 8.83 Å². The predicted molar refractivity (Wildman–Crippen MR) is 167 cm³/mol. The SMILES string of the molecule is N#Cc1cccc(-c2cc(-c3ccc4oc5ccccc5c4c3)c(C#N)cc2-c2ccc3oc4ccccc4c3c2)c1. The molecule has 8 aromatic rings. The topological polar surface area (TPSA) is 73.9 Å². The summed E-state index contributed by atoms with van der Waals surface area (Å²) in [5.74, 6) is 0. The molecule has 0 radical (unpaired) electrons. The lowest BCUT2D eigenvalue weighted by Gasteiger charge is -2.15. The quantitative estimate of drug-likeness (QED) is 0.225. The number of para-hydroxylation sites is 2. The maximum Gasteiger partial charge on any atom is 0.135 e. The van der Waals surface area contributed by atoms with Gasteiger partial charge in [-0.25, -0.2) is 0 Å². The van der Waals surface area contributed by atoms with Gasteiger partial charge in [-0.3, -0.25) is 0 Å². The van der Waals surface area contributed by atoms with E-state index in [0.717, 1.165) is 77.3 Å². The van der Waals surface area contributed by atoms with Gasteiger partial charge in [0.25, 0.3) is 0 Å². The molecule has 0 saturated carbocycles. The lowest BCUT2D eigenvalue weighted by atomic mass is 9.87. The van der Waals surface area contributed by atoms with Crippen molar-refractivity contribution in [3.05, 3.63) is 132 Å². The summed E-state index contributed by atoms with van der Waals surface area (Å²) < 4.78 is 12.1. The Morgan fingerprint density at radius 3 is 1.57 bits per heavy atom. The van der Waals surface area contributed by atoms with Crippen molar-refractivity contribution in [2.24, 2.45) is 0 Å². The van der Waals surface area contributed by atoms with Crippen LogP contribution >= 0.6 is 0 Å². The molecule has 0 spiro atoms. The van der Waals surface area contributed by atoms with Crippen LogP contribution in [0.2, 0.25) is 0 Å². The maximum absolute atomic E-state index is 10.4. The van der Waals surface area contributed by atoms with E-state index >= 15 is 0 Å². The molecule has 0 unspecified atom stereocenters. The standard InChI is InChI=1S/C38H20N2O2/c39-21-23-6-5-7-24(16-23)32-20-30(25-12-14-37-33(17-25)28-8-1-3-10-35(28)41-37)27(22-40)19-31(32)26-13-15-38-34(18-26)29-9-2-4-11-36(29)42-38/h1-20H. The fourth-order valence-corrected chi connectivity index (χ4v) is 5.95. The normalized spacial score (nSPS) is 11.3. The van der Waals surface area contributed by atoms with Crippen molar-refractivity contribution in [2.45, 2.75) is 0 Å². The van der Waals surface area contributed by atoms with E-state index in [4.69, 9.17) is 8.83 Å². The summed E-state index contributed by atoms with van der Waals surface area (Å²) in [6.45, 7) is 0. The zero-order valence-electron chi connectivity index (χ0n) is 22.3. The van der Waals surface area contributed by atoms with Crippen molar-refractivity contribution in [2.75, 3.05) is 0 Å². The van der Waals surface area contributed by atoms with Gasteiger partial charge in [0.1, 0.15) is 22.3 Å². The number of hydrogen-bond donors (Lipinski definition) is 0. The van der Waals surface area contributed by atoms with Gasteiger partial charge < -0.3 is 8.83 Å². The third-order valence-electron chi connectivity index (χ3n) is 7.96. The van der Waals surface area contributed by atoms with E-state index in [2.05, 4.69) is 36.4 Å².